The Morgan fingerprint density at radius 2 is 1.88 bits per heavy atom. The molecule has 0 bridgehead atoms. The van der Waals surface area contributed by atoms with Gasteiger partial charge in [-0.25, -0.2) is 4.21 Å². The van der Waals surface area contributed by atoms with Crippen molar-refractivity contribution in [2.75, 3.05) is 32.6 Å². The highest BCUT2D eigenvalue weighted by atomic mass is 32.2. The average molecular weight is 376 g/mol. The molecule has 1 atom stereocenters. The fourth-order valence-corrected chi connectivity index (χ4v) is 3.28. The Labute approximate surface area is 144 Å². The summed E-state index contributed by atoms with van der Waals surface area (Å²) in [4.78, 5) is 5.26. The van der Waals surface area contributed by atoms with Crippen molar-refractivity contribution in [3.63, 3.8) is 0 Å². The Hall–Kier alpha value is -1.94. The molecule has 0 spiro atoms. The zero-order valence-corrected chi connectivity index (χ0v) is 14.9. The lowest BCUT2D eigenvalue weighted by atomic mass is 10.1. The molecule has 0 fully saturated rings. The van der Waals surface area contributed by atoms with Crippen LogP contribution in [0, 0.1) is 0 Å². The summed E-state index contributed by atoms with van der Waals surface area (Å²) in [5, 5.41) is 3.32. The van der Waals surface area contributed by atoms with Crippen LogP contribution in [0.4, 0.5) is 18.9 Å². The van der Waals surface area contributed by atoms with Gasteiger partial charge in [0.25, 0.3) is 0 Å². The Kier molecular flexibility index (Phi) is 5.83. The van der Waals surface area contributed by atoms with Gasteiger partial charge in [-0.3, -0.25) is 0 Å². The average Bonchev–Trinajstić information content (AvgIpc) is 2.96. The van der Waals surface area contributed by atoms with Gasteiger partial charge in [0.15, 0.2) is 5.82 Å². The van der Waals surface area contributed by atoms with Gasteiger partial charge in [-0.2, -0.15) is 22.5 Å². The number of nitrogens with zero attached hydrogens (tertiary/aromatic N) is 4. The van der Waals surface area contributed by atoms with E-state index in [1.54, 1.807) is 30.5 Å². The highest BCUT2D eigenvalue weighted by molar-refractivity contribution is 7.93. The van der Waals surface area contributed by atoms with Gasteiger partial charge in [0.2, 0.25) is 0 Å². The molecule has 1 aromatic heterocycles. The van der Waals surface area contributed by atoms with Crippen molar-refractivity contribution in [1.82, 2.24) is 15.0 Å². The van der Waals surface area contributed by atoms with Gasteiger partial charge in [0.05, 0.1) is 5.69 Å². The first-order valence-corrected chi connectivity index (χ1v) is 9.48. The van der Waals surface area contributed by atoms with Crippen molar-refractivity contribution in [3.05, 3.63) is 41.5 Å². The van der Waals surface area contributed by atoms with E-state index in [9.17, 15) is 17.4 Å². The third-order valence-electron chi connectivity index (χ3n) is 3.22. The maximum Gasteiger partial charge on any atom is 0.471 e. The summed E-state index contributed by atoms with van der Waals surface area (Å²) in [6.07, 6.45) is -2.95. The van der Waals surface area contributed by atoms with Crippen LogP contribution in [0.15, 0.2) is 33.2 Å². The van der Waals surface area contributed by atoms with Crippen LogP contribution >= 0.6 is 0 Å². The van der Waals surface area contributed by atoms with Crippen molar-refractivity contribution >= 4 is 15.4 Å². The van der Waals surface area contributed by atoms with Crippen molar-refractivity contribution < 1.29 is 21.9 Å². The summed E-state index contributed by atoms with van der Waals surface area (Å²) in [6, 6.07) is 6.70. The Morgan fingerprint density at radius 1 is 1.24 bits per heavy atom. The normalized spacial score (nSPS) is 14.5. The Bertz CT molecular complexity index is 822. The van der Waals surface area contributed by atoms with E-state index in [-0.39, 0.29) is 12.2 Å². The van der Waals surface area contributed by atoms with Crippen LogP contribution in [-0.4, -0.2) is 51.9 Å². The maximum absolute atomic E-state index is 12.4. The minimum absolute atomic E-state index is 0.0534. The molecule has 2 aromatic rings. The summed E-state index contributed by atoms with van der Waals surface area (Å²) in [5.74, 6) is -0.965. The van der Waals surface area contributed by atoms with Crippen LogP contribution in [0.25, 0.3) is 0 Å². The molecule has 0 aliphatic heterocycles. The molecule has 0 radical (unpaired) electrons. The minimum atomic E-state index is -4.65. The molecule has 0 saturated heterocycles. The van der Waals surface area contributed by atoms with Gasteiger partial charge in [0.1, 0.15) is 0 Å². The standard InChI is InChI=1S/C15H19F3N4O2S/c1-22(2)8-9-25(3,23)21-12-6-4-11(5-7-12)10-13-19-14(24-20-13)15(16,17)18/h4-7H,8-10H2,1-3H3. The van der Waals surface area contributed by atoms with Crippen molar-refractivity contribution in [2.45, 2.75) is 12.6 Å². The molecular weight excluding hydrogens is 357 g/mol. The molecule has 138 valence electrons. The van der Waals surface area contributed by atoms with E-state index in [2.05, 4.69) is 19.0 Å². The molecule has 0 aliphatic rings. The van der Waals surface area contributed by atoms with Crippen LogP contribution in [0.2, 0.25) is 0 Å². The second-order valence-electron chi connectivity index (χ2n) is 5.91. The van der Waals surface area contributed by atoms with Gasteiger partial charge in [0, 0.05) is 34.7 Å². The molecule has 10 heteroatoms. The number of hydrogen-bond acceptors (Lipinski definition) is 6. The molecule has 1 aromatic carbocycles. The summed E-state index contributed by atoms with van der Waals surface area (Å²) >= 11 is 0. The van der Waals surface area contributed by atoms with Crippen molar-refractivity contribution in [2.24, 2.45) is 4.36 Å². The zero-order chi connectivity index (χ0) is 18.7. The van der Waals surface area contributed by atoms with Crippen LogP contribution < -0.4 is 0 Å². The molecule has 0 N–H and O–H groups in total. The van der Waals surface area contributed by atoms with E-state index in [1.807, 2.05) is 19.0 Å². The maximum atomic E-state index is 12.4. The summed E-state index contributed by atoms with van der Waals surface area (Å²) < 4.78 is 58.1. The Balaban J connectivity index is 2.07. The molecule has 1 unspecified atom stereocenters. The number of hydrogen-bond donors (Lipinski definition) is 0. The molecule has 0 aliphatic carbocycles. The monoisotopic (exact) mass is 376 g/mol. The van der Waals surface area contributed by atoms with Gasteiger partial charge < -0.3 is 9.42 Å². The van der Waals surface area contributed by atoms with Crippen LogP contribution in [0.1, 0.15) is 17.3 Å². The van der Waals surface area contributed by atoms with E-state index >= 15 is 0 Å². The fraction of sp³-hybridized carbons (Fsp3) is 0.467. The lowest BCUT2D eigenvalue weighted by molar-refractivity contribution is -0.159. The number of benzene rings is 1. The largest absolute Gasteiger partial charge is 0.471 e. The van der Waals surface area contributed by atoms with E-state index in [0.29, 0.717) is 23.5 Å². The summed E-state index contributed by atoms with van der Waals surface area (Å²) in [6.45, 7) is 0.663. The second kappa shape index (κ2) is 7.52. The van der Waals surface area contributed by atoms with Crippen LogP contribution in [0.5, 0.6) is 0 Å². The third kappa shape index (κ3) is 6.13. The van der Waals surface area contributed by atoms with E-state index in [4.69, 9.17) is 0 Å². The van der Waals surface area contributed by atoms with Crippen LogP contribution in [-0.2, 0) is 22.3 Å². The number of aromatic nitrogens is 2. The Morgan fingerprint density at radius 3 is 2.40 bits per heavy atom. The second-order valence-corrected chi connectivity index (χ2v) is 8.42. The molecule has 2 rings (SSSR count). The molecule has 1 heterocycles. The highest BCUT2D eigenvalue weighted by Gasteiger charge is 2.38. The number of alkyl halides is 3. The smallest absolute Gasteiger partial charge is 0.329 e. The van der Waals surface area contributed by atoms with Crippen LogP contribution in [0.3, 0.4) is 0 Å². The molecule has 0 saturated carbocycles. The van der Waals surface area contributed by atoms with Gasteiger partial charge in [-0.1, -0.05) is 17.3 Å². The minimum Gasteiger partial charge on any atom is -0.329 e. The van der Waals surface area contributed by atoms with E-state index in [0.717, 1.165) is 0 Å². The number of halogens is 3. The summed E-state index contributed by atoms with van der Waals surface area (Å²) in [7, 11) is 1.44. The van der Waals surface area contributed by atoms with Crippen molar-refractivity contribution in [3.8, 4) is 0 Å². The lowest BCUT2D eigenvalue weighted by Gasteiger charge is -2.10. The van der Waals surface area contributed by atoms with E-state index < -0.39 is 21.8 Å². The quantitative estimate of drug-likeness (QED) is 0.775. The predicted molar refractivity (Wildman–Crippen MR) is 88.1 cm³/mol. The molecule has 0 amide bonds. The summed E-state index contributed by atoms with van der Waals surface area (Å²) in [5.41, 5.74) is 1.25. The van der Waals surface area contributed by atoms with Crippen molar-refractivity contribution in [1.29, 1.82) is 0 Å². The first-order valence-electron chi connectivity index (χ1n) is 7.38. The van der Waals surface area contributed by atoms with Gasteiger partial charge in [-0.15, -0.1) is 0 Å². The SMILES string of the molecule is CN(C)CCS(C)(=O)=Nc1ccc(Cc2noc(C(F)(F)F)n2)cc1. The first-order chi connectivity index (χ1) is 11.5. The molecule has 6 nitrogen and oxygen atoms in total. The highest BCUT2D eigenvalue weighted by Crippen LogP contribution is 2.27. The van der Waals surface area contributed by atoms with Gasteiger partial charge >= 0.3 is 12.1 Å². The molecular formula is C15H19F3N4O2S. The van der Waals surface area contributed by atoms with Gasteiger partial charge in [-0.05, 0) is 31.8 Å². The predicted octanol–water partition coefficient (Wildman–Crippen LogP) is 2.97. The fourth-order valence-electron chi connectivity index (χ4n) is 1.92. The number of rotatable bonds is 6. The molecule has 25 heavy (non-hydrogen) atoms. The third-order valence-corrected chi connectivity index (χ3v) is 4.76. The lowest BCUT2D eigenvalue weighted by Crippen LogP contribution is -2.20. The van der Waals surface area contributed by atoms with E-state index in [1.165, 1.54) is 0 Å². The topological polar surface area (TPSA) is 71.6 Å². The zero-order valence-electron chi connectivity index (χ0n) is 14.1. The first kappa shape index (κ1) is 19.4.